The molecule has 1 heterocycles. The molecule has 34 heavy (non-hydrogen) atoms. The topological polar surface area (TPSA) is 73.5 Å². The Hall–Kier alpha value is -3.87. The summed E-state index contributed by atoms with van der Waals surface area (Å²) < 4.78 is 13.4. The zero-order valence-corrected chi connectivity index (χ0v) is 19.5. The number of carbonyl (C=O) groups excluding carboxylic acids is 2. The third-order valence-electron chi connectivity index (χ3n) is 6.06. The molecule has 1 aliphatic rings. The molecule has 0 radical (unpaired) electrons. The molecule has 4 rings (SSSR count). The molecule has 1 aliphatic heterocycles. The van der Waals surface area contributed by atoms with Crippen LogP contribution >= 0.6 is 0 Å². The predicted molar refractivity (Wildman–Crippen MR) is 134 cm³/mol. The maximum atomic E-state index is 13.4. The standard InChI is InChI=1S/C27H29FN4O2/c1-18-8-10-23(14-19(18)2)30-27(34)31-24-16-21(9-11-25(24)32-12-3-4-13-32)26(33)29-17-20-6-5-7-22(28)15-20/h5-11,14-16H,3-4,12-13,17H2,1-2H3,(H,29,33)(H2,30,31,34). The van der Waals surface area contributed by atoms with Crippen molar-refractivity contribution >= 4 is 29.0 Å². The Morgan fingerprint density at radius 2 is 1.71 bits per heavy atom. The Bertz CT molecular complexity index is 1200. The Labute approximate surface area is 199 Å². The minimum absolute atomic E-state index is 0.209. The Morgan fingerprint density at radius 1 is 0.912 bits per heavy atom. The van der Waals surface area contributed by atoms with Gasteiger partial charge in [-0.2, -0.15) is 0 Å². The first-order valence-corrected chi connectivity index (χ1v) is 11.5. The van der Waals surface area contributed by atoms with E-state index in [1.54, 1.807) is 24.3 Å². The number of halogens is 1. The summed E-state index contributed by atoms with van der Waals surface area (Å²) in [6.07, 6.45) is 2.17. The van der Waals surface area contributed by atoms with Gasteiger partial charge in [0.2, 0.25) is 0 Å². The van der Waals surface area contributed by atoms with E-state index >= 15 is 0 Å². The van der Waals surface area contributed by atoms with Gasteiger partial charge in [-0.1, -0.05) is 18.2 Å². The van der Waals surface area contributed by atoms with Crippen molar-refractivity contribution < 1.29 is 14.0 Å². The molecule has 6 nitrogen and oxygen atoms in total. The molecule has 1 saturated heterocycles. The van der Waals surface area contributed by atoms with Gasteiger partial charge >= 0.3 is 6.03 Å². The summed E-state index contributed by atoms with van der Waals surface area (Å²) in [6, 6.07) is 16.8. The van der Waals surface area contributed by atoms with E-state index in [9.17, 15) is 14.0 Å². The van der Waals surface area contributed by atoms with Crippen molar-refractivity contribution in [1.29, 1.82) is 0 Å². The quantitative estimate of drug-likeness (QED) is 0.447. The maximum absolute atomic E-state index is 13.4. The van der Waals surface area contributed by atoms with Crippen molar-refractivity contribution in [2.24, 2.45) is 0 Å². The van der Waals surface area contributed by atoms with Crippen molar-refractivity contribution in [2.75, 3.05) is 28.6 Å². The fourth-order valence-corrected chi connectivity index (χ4v) is 4.05. The molecule has 0 atom stereocenters. The van der Waals surface area contributed by atoms with E-state index in [2.05, 4.69) is 20.9 Å². The number of rotatable bonds is 6. The number of hydrogen-bond donors (Lipinski definition) is 3. The summed E-state index contributed by atoms with van der Waals surface area (Å²) in [5.41, 5.74) is 5.49. The number of benzene rings is 3. The molecule has 0 saturated carbocycles. The van der Waals surface area contributed by atoms with Gasteiger partial charge < -0.3 is 20.9 Å². The Kier molecular flexibility index (Phi) is 7.11. The fourth-order valence-electron chi connectivity index (χ4n) is 4.05. The molecule has 0 aromatic heterocycles. The van der Waals surface area contributed by atoms with Gasteiger partial charge in [-0.25, -0.2) is 9.18 Å². The van der Waals surface area contributed by atoms with E-state index in [0.29, 0.717) is 22.5 Å². The van der Waals surface area contributed by atoms with Crippen LogP contribution in [0.15, 0.2) is 60.7 Å². The van der Waals surface area contributed by atoms with Gasteiger partial charge in [0.1, 0.15) is 5.82 Å². The second kappa shape index (κ2) is 10.4. The SMILES string of the molecule is Cc1ccc(NC(=O)Nc2cc(C(=O)NCc3cccc(F)c3)ccc2N2CCCC2)cc1C. The highest BCUT2D eigenvalue weighted by Gasteiger charge is 2.19. The molecule has 3 N–H and O–H groups in total. The lowest BCUT2D eigenvalue weighted by atomic mass is 10.1. The lowest BCUT2D eigenvalue weighted by Crippen LogP contribution is -2.26. The summed E-state index contributed by atoms with van der Waals surface area (Å²) in [4.78, 5) is 27.8. The van der Waals surface area contributed by atoms with Crippen LogP contribution in [0.5, 0.6) is 0 Å². The lowest BCUT2D eigenvalue weighted by molar-refractivity contribution is 0.0951. The monoisotopic (exact) mass is 460 g/mol. The zero-order chi connectivity index (χ0) is 24.1. The van der Waals surface area contributed by atoms with E-state index in [-0.39, 0.29) is 24.3 Å². The van der Waals surface area contributed by atoms with Gasteiger partial charge in [0, 0.05) is 30.9 Å². The van der Waals surface area contributed by atoms with E-state index in [0.717, 1.165) is 42.7 Å². The van der Waals surface area contributed by atoms with Crippen LogP contribution in [0.25, 0.3) is 0 Å². The fraction of sp³-hybridized carbons (Fsp3) is 0.259. The van der Waals surface area contributed by atoms with Gasteiger partial charge in [0.15, 0.2) is 0 Å². The number of carbonyl (C=O) groups is 2. The molecule has 1 fully saturated rings. The number of hydrogen-bond acceptors (Lipinski definition) is 3. The van der Waals surface area contributed by atoms with Crippen molar-refractivity contribution in [2.45, 2.75) is 33.2 Å². The summed E-state index contributed by atoms with van der Waals surface area (Å²) in [5.74, 6) is -0.641. The first-order valence-electron chi connectivity index (χ1n) is 11.5. The van der Waals surface area contributed by atoms with Crippen molar-refractivity contribution in [1.82, 2.24) is 5.32 Å². The van der Waals surface area contributed by atoms with E-state index < -0.39 is 0 Å². The van der Waals surface area contributed by atoms with Crippen molar-refractivity contribution in [3.05, 3.63) is 88.7 Å². The second-order valence-corrected chi connectivity index (χ2v) is 8.62. The molecule has 3 aromatic rings. The van der Waals surface area contributed by atoms with Crippen LogP contribution in [-0.2, 0) is 6.54 Å². The Morgan fingerprint density at radius 3 is 2.44 bits per heavy atom. The van der Waals surface area contributed by atoms with E-state index in [1.165, 1.54) is 12.1 Å². The summed E-state index contributed by atoms with van der Waals surface area (Å²) in [7, 11) is 0. The second-order valence-electron chi connectivity index (χ2n) is 8.62. The third-order valence-corrected chi connectivity index (χ3v) is 6.06. The van der Waals surface area contributed by atoms with Crippen molar-refractivity contribution in [3.8, 4) is 0 Å². The largest absolute Gasteiger partial charge is 0.370 e. The smallest absolute Gasteiger partial charge is 0.323 e. The molecule has 0 spiro atoms. The van der Waals surface area contributed by atoms with Gasteiger partial charge in [0.05, 0.1) is 11.4 Å². The molecule has 176 valence electrons. The minimum Gasteiger partial charge on any atom is -0.370 e. The molecular weight excluding hydrogens is 431 g/mol. The number of anilines is 3. The van der Waals surface area contributed by atoms with Crippen LogP contribution in [0.4, 0.5) is 26.2 Å². The normalized spacial score (nSPS) is 13.0. The predicted octanol–water partition coefficient (Wildman–Crippen LogP) is 5.62. The van der Waals surface area contributed by atoms with Crippen LogP contribution in [-0.4, -0.2) is 25.0 Å². The average molecular weight is 461 g/mol. The lowest BCUT2D eigenvalue weighted by Gasteiger charge is -2.22. The van der Waals surface area contributed by atoms with E-state index in [1.807, 2.05) is 38.1 Å². The van der Waals surface area contributed by atoms with Crippen LogP contribution in [0.2, 0.25) is 0 Å². The van der Waals surface area contributed by atoms with Gasteiger partial charge in [-0.3, -0.25) is 4.79 Å². The highest BCUT2D eigenvalue weighted by molar-refractivity contribution is 6.04. The minimum atomic E-state index is -0.374. The average Bonchev–Trinajstić information content (AvgIpc) is 3.34. The maximum Gasteiger partial charge on any atom is 0.323 e. The van der Waals surface area contributed by atoms with Crippen molar-refractivity contribution in [3.63, 3.8) is 0 Å². The molecule has 0 aliphatic carbocycles. The number of nitrogens with zero attached hydrogens (tertiary/aromatic N) is 1. The molecule has 0 unspecified atom stereocenters. The molecular formula is C27H29FN4O2. The van der Waals surface area contributed by atoms with Gasteiger partial charge in [-0.15, -0.1) is 0 Å². The molecule has 3 amide bonds. The van der Waals surface area contributed by atoms with Crippen LogP contribution in [0.1, 0.15) is 39.9 Å². The first-order chi connectivity index (χ1) is 16.4. The van der Waals surface area contributed by atoms with Gasteiger partial charge in [-0.05, 0) is 85.8 Å². The number of nitrogens with one attached hydrogen (secondary N) is 3. The van der Waals surface area contributed by atoms with Crippen LogP contribution in [0.3, 0.4) is 0 Å². The van der Waals surface area contributed by atoms with Crippen LogP contribution < -0.4 is 20.9 Å². The number of urea groups is 1. The van der Waals surface area contributed by atoms with E-state index in [4.69, 9.17) is 0 Å². The summed E-state index contributed by atoms with van der Waals surface area (Å²) in [5, 5.41) is 8.61. The molecule has 0 bridgehead atoms. The highest BCUT2D eigenvalue weighted by atomic mass is 19.1. The molecule has 3 aromatic carbocycles. The van der Waals surface area contributed by atoms with Crippen LogP contribution in [0, 0.1) is 19.7 Å². The first kappa shape index (κ1) is 23.3. The summed E-state index contributed by atoms with van der Waals surface area (Å²) in [6.45, 7) is 6.03. The highest BCUT2D eigenvalue weighted by Crippen LogP contribution is 2.30. The number of aryl methyl sites for hydroxylation is 2. The zero-order valence-electron chi connectivity index (χ0n) is 19.5. The third kappa shape index (κ3) is 5.73. The van der Waals surface area contributed by atoms with Gasteiger partial charge in [0.25, 0.3) is 5.91 Å². The Balaban J connectivity index is 1.51. The molecule has 7 heteroatoms. The number of amides is 3. The summed E-state index contributed by atoms with van der Waals surface area (Å²) >= 11 is 0.